The van der Waals surface area contributed by atoms with Crippen molar-refractivity contribution in [3.63, 3.8) is 0 Å². The van der Waals surface area contributed by atoms with Crippen LogP contribution in [0.2, 0.25) is 0 Å². The monoisotopic (exact) mass is 409 g/mol. The molecule has 0 fully saturated rings. The van der Waals surface area contributed by atoms with E-state index in [-0.39, 0.29) is 18.0 Å². The van der Waals surface area contributed by atoms with Crippen LogP contribution in [0.1, 0.15) is 44.6 Å². The number of amides is 1. The smallest absolute Gasteiger partial charge is 0.239 e. The van der Waals surface area contributed by atoms with Gasteiger partial charge in [-0.05, 0) is 63.6 Å². The molecule has 7 heteroatoms. The van der Waals surface area contributed by atoms with Crippen LogP contribution in [0.25, 0.3) is 21.6 Å². The number of hydrogen-bond acceptors (Lipinski definition) is 6. The van der Waals surface area contributed by atoms with Gasteiger partial charge in [-0.15, -0.1) is 11.3 Å². The maximum Gasteiger partial charge on any atom is 0.239 e. The Balaban J connectivity index is 1.74. The van der Waals surface area contributed by atoms with E-state index in [0.29, 0.717) is 11.7 Å². The normalized spacial score (nSPS) is 16.5. The number of nitrogens with one attached hydrogen (secondary N) is 2. The molecular weight excluding hydrogens is 382 g/mol. The summed E-state index contributed by atoms with van der Waals surface area (Å²) in [7, 11) is 0. The molecule has 0 spiro atoms. The third kappa shape index (κ3) is 4.40. The van der Waals surface area contributed by atoms with E-state index in [0.717, 1.165) is 34.4 Å². The van der Waals surface area contributed by atoms with E-state index in [1.54, 1.807) is 23.7 Å². The fourth-order valence-corrected chi connectivity index (χ4v) is 5.10. The number of carbonyl (C=O) groups is 1. The third-order valence-electron chi connectivity index (χ3n) is 5.01. The predicted octanol–water partition coefficient (Wildman–Crippen LogP) is 4.20. The van der Waals surface area contributed by atoms with E-state index in [9.17, 15) is 4.79 Å². The van der Waals surface area contributed by atoms with E-state index >= 15 is 0 Å². The van der Waals surface area contributed by atoms with Gasteiger partial charge >= 0.3 is 0 Å². The molecule has 4 rings (SSSR count). The van der Waals surface area contributed by atoms with Gasteiger partial charge in [0, 0.05) is 28.4 Å². The molecule has 1 aliphatic carbocycles. The number of aromatic nitrogens is 3. The predicted molar refractivity (Wildman–Crippen MR) is 118 cm³/mol. The van der Waals surface area contributed by atoms with Crippen LogP contribution in [0.5, 0.6) is 0 Å². The lowest BCUT2D eigenvalue weighted by molar-refractivity contribution is -0.120. The molecule has 1 aliphatic rings. The summed E-state index contributed by atoms with van der Waals surface area (Å²) in [4.78, 5) is 28.6. The number of fused-ring (bicyclic) bond motifs is 3. The first-order valence-corrected chi connectivity index (χ1v) is 10.9. The molecule has 6 nitrogen and oxygen atoms in total. The summed E-state index contributed by atoms with van der Waals surface area (Å²) in [6.45, 7) is 8.41. The van der Waals surface area contributed by atoms with Crippen LogP contribution in [0.3, 0.4) is 0 Å². The van der Waals surface area contributed by atoms with Gasteiger partial charge in [-0.2, -0.15) is 0 Å². The number of rotatable bonds is 4. The minimum absolute atomic E-state index is 0.0510. The summed E-state index contributed by atoms with van der Waals surface area (Å²) in [6.07, 6.45) is 6.81. The minimum atomic E-state index is -0.266. The van der Waals surface area contributed by atoms with E-state index in [4.69, 9.17) is 9.97 Å². The van der Waals surface area contributed by atoms with Gasteiger partial charge in [0.2, 0.25) is 5.91 Å². The van der Waals surface area contributed by atoms with Gasteiger partial charge < -0.3 is 10.6 Å². The molecule has 0 radical (unpaired) electrons. The molecule has 1 amide bonds. The molecule has 152 valence electrons. The van der Waals surface area contributed by atoms with Gasteiger partial charge in [-0.1, -0.05) is 6.92 Å². The first-order valence-electron chi connectivity index (χ1n) is 10.1. The number of hydrogen-bond donors (Lipinski definition) is 2. The Labute approximate surface area is 175 Å². The van der Waals surface area contributed by atoms with Crippen LogP contribution in [-0.2, 0) is 17.6 Å². The van der Waals surface area contributed by atoms with Crippen molar-refractivity contribution in [3.8, 4) is 11.4 Å². The van der Waals surface area contributed by atoms with Crippen molar-refractivity contribution in [2.75, 3.05) is 11.9 Å². The van der Waals surface area contributed by atoms with Crippen LogP contribution in [0.4, 0.5) is 5.82 Å². The Morgan fingerprint density at radius 1 is 1.31 bits per heavy atom. The van der Waals surface area contributed by atoms with Crippen LogP contribution in [-0.4, -0.2) is 32.9 Å². The quantitative estimate of drug-likeness (QED) is 0.675. The van der Waals surface area contributed by atoms with Gasteiger partial charge in [-0.25, -0.2) is 9.97 Å². The highest BCUT2D eigenvalue weighted by Crippen LogP contribution is 2.40. The number of carbonyl (C=O) groups excluding carboxylic acids is 1. The first kappa shape index (κ1) is 19.8. The molecule has 3 aromatic rings. The maximum absolute atomic E-state index is 12.4. The van der Waals surface area contributed by atoms with Crippen molar-refractivity contribution in [2.45, 2.75) is 52.5 Å². The average Bonchev–Trinajstić information content (AvgIpc) is 3.02. The summed E-state index contributed by atoms with van der Waals surface area (Å²) in [6, 6.07) is 3.84. The number of pyridine rings is 1. The first-order chi connectivity index (χ1) is 13.8. The number of thiophene rings is 1. The second-order valence-corrected chi connectivity index (χ2v) is 9.90. The summed E-state index contributed by atoms with van der Waals surface area (Å²) in [5, 5.41) is 7.36. The molecule has 3 aromatic heterocycles. The van der Waals surface area contributed by atoms with Gasteiger partial charge in [-0.3, -0.25) is 9.78 Å². The Kier molecular flexibility index (Phi) is 5.25. The Bertz CT molecular complexity index is 1040. The van der Waals surface area contributed by atoms with E-state index in [1.807, 2.05) is 32.9 Å². The fraction of sp³-hybridized carbons (Fsp3) is 0.455. The standard InChI is InChI=1S/C22H27N5OS/c1-13-7-8-15-16(10-13)29-21-18(15)20(24-12-17(28)27-22(2,3)4)25-19(26-21)14-6-5-9-23-11-14/h5-6,9,11,13H,7-8,10,12H2,1-4H3,(H,27,28)(H,24,25,26)/t13-/m0/s1. The number of nitrogens with zero attached hydrogens (tertiary/aromatic N) is 3. The summed E-state index contributed by atoms with van der Waals surface area (Å²) in [5.41, 5.74) is 1.95. The van der Waals surface area contributed by atoms with Crippen LogP contribution < -0.4 is 10.6 Å². The SMILES string of the molecule is C[C@H]1CCc2c(sc3nc(-c4cccnc4)nc(NCC(=O)NC(C)(C)C)c23)C1. The highest BCUT2D eigenvalue weighted by molar-refractivity contribution is 7.19. The van der Waals surface area contributed by atoms with Crippen molar-refractivity contribution < 1.29 is 4.79 Å². The Morgan fingerprint density at radius 3 is 2.86 bits per heavy atom. The average molecular weight is 410 g/mol. The molecule has 0 bridgehead atoms. The maximum atomic E-state index is 12.4. The molecule has 0 aromatic carbocycles. The van der Waals surface area contributed by atoms with Gasteiger partial charge in [0.1, 0.15) is 10.6 Å². The lowest BCUT2D eigenvalue weighted by Crippen LogP contribution is -2.43. The van der Waals surface area contributed by atoms with Crippen molar-refractivity contribution in [3.05, 3.63) is 35.0 Å². The third-order valence-corrected chi connectivity index (χ3v) is 6.15. The van der Waals surface area contributed by atoms with Crippen molar-refractivity contribution >= 4 is 33.3 Å². The lowest BCUT2D eigenvalue weighted by atomic mass is 9.89. The van der Waals surface area contributed by atoms with Crippen molar-refractivity contribution in [1.82, 2.24) is 20.3 Å². The number of anilines is 1. The zero-order valence-electron chi connectivity index (χ0n) is 17.4. The molecule has 1 atom stereocenters. The van der Waals surface area contributed by atoms with Crippen LogP contribution in [0, 0.1) is 5.92 Å². The molecule has 0 unspecified atom stereocenters. The van der Waals surface area contributed by atoms with Crippen molar-refractivity contribution in [1.29, 1.82) is 0 Å². The minimum Gasteiger partial charge on any atom is -0.360 e. The number of aryl methyl sites for hydroxylation is 1. The van der Waals surface area contributed by atoms with Gasteiger partial charge in [0.15, 0.2) is 5.82 Å². The van der Waals surface area contributed by atoms with Gasteiger partial charge in [0.25, 0.3) is 0 Å². The molecule has 0 aliphatic heterocycles. The molecule has 0 saturated carbocycles. The van der Waals surface area contributed by atoms with E-state index in [2.05, 4.69) is 22.5 Å². The van der Waals surface area contributed by atoms with Crippen LogP contribution in [0.15, 0.2) is 24.5 Å². The molecule has 0 saturated heterocycles. The highest BCUT2D eigenvalue weighted by atomic mass is 32.1. The Morgan fingerprint density at radius 2 is 2.14 bits per heavy atom. The zero-order chi connectivity index (χ0) is 20.6. The van der Waals surface area contributed by atoms with E-state index < -0.39 is 0 Å². The topological polar surface area (TPSA) is 79.8 Å². The second kappa shape index (κ2) is 7.71. The van der Waals surface area contributed by atoms with Gasteiger partial charge in [0.05, 0.1) is 11.9 Å². The summed E-state index contributed by atoms with van der Waals surface area (Å²) < 4.78 is 0. The summed E-state index contributed by atoms with van der Waals surface area (Å²) >= 11 is 1.76. The molecular formula is C22H27N5OS. The van der Waals surface area contributed by atoms with Crippen LogP contribution >= 0.6 is 11.3 Å². The zero-order valence-corrected chi connectivity index (χ0v) is 18.2. The molecule has 3 heterocycles. The van der Waals surface area contributed by atoms with Crippen molar-refractivity contribution in [2.24, 2.45) is 5.92 Å². The lowest BCUT2D eigenvalue weighted by Gasteiger charge is -2.21. The summed E-state index contributed by atoms with van der Waals surface area (Å²) in [5.74, 6) is 2.01. The molecule has 2 N–H and O–H groups in total. The molecule has 29 heavy (non-hydrogen) atoms. The highest BCUT2D eigenvalue weighted by Gasteiger charge is 2.24. The van der Waals surface area contributed by atoms with E-state index in [1.165, 1.54) is 16.9 Å². The fourth-order valence-electron chi connectivity index (χ4n) is 3.72. The largest absolute Gasteiger partial charge is 0.360 e. The second-order valence-electron chi connectivity index (χ2n) is 8.82. The Hall–Kier alpha value is -2.54.